The number of aryl methyl sites for hydroxylation is 1. The van der Waals surface area contributed by atoms with Crippen molar-refractivity contribution in [1.82, 2.24) is 19.6 Å². The highest BCUT2D eigenvalue weighted by atomic mass is 32.1. The average Bonchev–Trinajstić information content (AvgIpc) is 2.76. The molecule has 0 aliphatic rings. The molecule has 0 bridgehead atoms. The summed E-state index contributed by atoms with van der Waals surface area (Å²) >= 11 is 1.36. The minimum Gasteiger partial charge on any atom is -0.328 e. The van der Waals surface area contributed by atoms with E-state index in [-0.39, 0.29) is 0 Å². The molecule has 0 radical (unpaired) electrons. The van der Waals surface area contributed by atoms with Crippen molar-refractivity contribution >= 4 is 22.4 Å². The summed E-state index contributed by atoms with van der Waals surface area (Å²) in [7, 11) is 0. The molecule has 0 amide bonds. The van der Waals surface area contributed by atoms with Crippen LogP contribution in [0, 0.1) is 0 Å². The molecule has 0 saturated heterocycles. The van der Waals surface area contributed by atoms with Gasteiger partial charge < -0.3 is 5.32 Å². The normalized spacial score (nSPS) is 10.2. The monoisotopic (exact) mass is 195 g/mol. The lowest BCUT2D eigenvalue weighted by Gasteiger charge is -1.93. The fourth-order valence-corrected chi connectivity index (χ4v) is 1.56. The molecule has 2 aromatic heterocycles. The van der Waals surface area contributed by atoms with Gasteiger partial charge in [0.1, 0.15) is 5.82 Å². The van der Waals surface area contributed by atoms with Crippen LogP contribution in [0.5, 0.6) is 0 Å². The summed E-state index contributed by atoms with van der Waals surface area (Å²) in [5, 5.41) is 10.4. The van der Waals surface area contributed by atoms with Crippen molar-refractivity contribution in [3.05, 3.63) is 18.2 Å². The molecule has 0 spiro atoms. The topological polar surface area (TPSA) is 66.5 Å². The number of anilines is 2. The second-order valence-electron chi connectivity index (χ2n) is 2.48. The summed E-state index contributed by atoms with van der Waals surface area (Å²) in [4.78, 5) is 4.26. The van der Waals surface area contributed by atoms with Crippen molar-refractivity contribution in [2.45, 2.75) is 13.3 Å². The molecule has 2 rings (SSSR count). The lowest BCUT2D eigenvalue weighted by molar-refractivity contribution is 1.00. The van der Waals surface area contributed by atoms with Gasteiger partial charge in [0.05, 0.1) is 11.9 Å². The highest BCUT2D eigenvalue weighted by molar-refractivity contribution is 7.09. The van der Waals surface area contributed by atoms with E-state index in [9.17, 15) is 0 Å². The maximum Gasteiger partial charge on any atom is 0.207 e. The van der Waals surface area contributed by atoms with E-state index in [1.54, 1.807) is 12.4 Å². The number of hydrogen-bond donors (Lipinski definition) is 2. The van der Waals surface area contributed by atoms with Crippen molar-refractivity contribution in [2.24, 2.45) is 0 Å². The van der Waals surface area contributed by atoms with Crippen LogP contribution in [0.2, 0.25) is 0 Å². The van der Waals surface area contributed by atoms with Gasteiger partial charge in [-0.15, -0.1) is 0 Å². The Labute approximate surface area is 79.4 Å². The molecule has 6 heteroatoms. The first kappa shape index (κ1) is 8.18. The van der Waals surface area contributed by atoms with Crippen molar-refractivity contribution < 1.29 is 0 Å². The van der Waals surface area contributed by atoms with Crippen LogP contribution in [0.15, 0.2) is 12.4 Å². The van der Waals surface area contributed by atoms with Gasteiger partial charge in [0.15, 0.2) is 0 Å². The van der Waals surface area contributed by atoms with Gasteiger partial charge in [0.2, 0.25) is 5.13 Å². The van der Waals surface area contributed by atoms with Crippen LogP contribution in [0.1, 0.15) is 12.7 Å². The number of aromatic nitrogens is 4. The SMILES string of the molecule is CCc1nsc(Nc2cn[nH]c2)n1. The molecule has 2 N–H and O–H groups in total. The van der Waals surface area contributed by atoms with Crippen LogP contribution < -0.4 is 5.32 Å². The number of rotatable bonds is 3. The number of nitrogens with zero attached hydrogens (tertiary/aromatic N) is 3. The predicted octanol–water partition coefficient (Wildman–Crippen LogP) is 1.57. The van der Waals surface area contributed by atoms with Gasteiger partial charge in [-0.3, -0.25) is 5.10 Å². The zero-order chi connectivity index (χ0) is 9.10. The molecule has 0 aliphatic heterocycles. The van der Waals surface area contributed by atoms with Gasteiger partial charge in [-0.25, -0.2) is 4.98 Å². The predicted molar refractivity (Wildman–Crippen MR) is 51.2 cm³/mol. The molecular formula is C7H9N5S. The van der Waals surface area contributed by atoms with Gasteiger partial charge in [-0.05, 0) is 0 Å². The van der Waals surface area contributed by atoms with Crippen molar-refractivity contribution in [1.29, 1.82) is 0 Å². The summed E-state index contributed by atoms with van der Waals surface area (Å²) in [6.45, 7) is 2.03. The highest BCUT2D eigenvalue weighted by Crippen LogP contribution is 2.16. The average molecular weight is 195 g/mol. The largest absolute Gasteiger partial charge is 0.328 e. The number of H-pyrrole nitrogens is 1. The molecular weight excluding hydrogens is 186 g/mol. The van der Waals surface area contributed by atoms with Crippen molar-refractivity contribution in [3.8, 4) is 0 Å². The van der Waals surface area contributed by atoms with Crippen molar-refractivity contribution in [3.63, 3.8) is 0 Å². The molecule has 0 saturated carbocycles. The molecule has 13 heavy (non-hydrogen) atoms. The fourth-order valence-electron chi connectivity index (χ4n) is 0.891. The van der Waals surface area contributed by atoms with E-state index in [1.807, 2.05) is 6.92 Å². The molecule has 2 heterocycles. The first-order valence-corrected chi connectivity index (χ1v) is 4.74. The van der Waals surface area contributed by atoms with E-state index in [0.29, 0.717) is 0 Å². The highest BCUT2D eigenvalue weighted by Gasteiger charge is 2.01. The molecule has 68 valence electrons. The number of hydrogen-bond acceptors (Lipinski definition) is 5. The molecule has 5 nitrogen and oxygen atoms in total. The van der Waals surface area contributed by atoms with Crippen LogP contribution >= 0.6 is 11.5 Å². The van der Waals surface area contributed by atoms with Crippen LogP contribution in [-0.4, -0.2) is 19.6 Å². The van der Waals surface area contributed by atoms with Gasteiger partial charge in [-0.2, -0.15) is 9.47 Å². The molecule has 0 fully saturated rings. The molecule has 0 aromatic carbocycles. The van der Waals surface area contributed by atoms with E-state index < -0.39 is 0 Å². The smallest absolute Gasteiger partial charge is 0.207 e. The van der Waals surface area contributed by atoms with E-state index in [1.165, 1.54) is 11.5 Å². The van der Waals surface area contributed by atoms with Gasteiger partial charge >= 0.3 is 0 Å². The van der Waals surface area contributed by atoms with Crippen LogP contribution in [0.4, 0.5) is 10.8 Å². The second-order valence-corrected chi connectivity index (χ2v) is 3.23. The zero-order valence-corrected chi connectivity index (χ0v) is 7.93. The molecule has 0 aliphatic carbocycles. The first-order valence-electron chi connectivity index (χ1n) is 3.97. The number of nitrogens with one attached hydrogen (secondary N) is 2. The van der Waals surface area contributed by atoms with Crippen LogP contribution in [0.25, 0.3) is 0 Å². The Bertz CT molecular complexity index is 366. The van der Waals surface area contributed by atoms with E-state index in [0.717, 1.165) is 23.1 Å². The second kappa shape index (κ2) is 3.53. The Kier molecular flexibility index (Phi) is 2.22. The van der Waals surface area contributed by atoms with Crippen molar-refractivity contribution in [2.75, 3.05) is 5.32 Å². The lowest BCUT2D eigenvalue weighted by atomic mass is 10.5. The summed E-state index contributed by atoms with van der Waals surface area (Å²) < 4.78 is 4.15. The Morgan fingerprint density at radius 3 is 3.15 bits per heavy atom. The maximum absolute atomic E-state index is 4.26. The summed E-state index contributed by atoms with van der Waals surface area (Å²) in [6, 6.07) is 0. The number of aromatic amines is 1. The Balaban J connectivity index is 2.10. The third-order valence-corrected chi connectivity index (χ3v) is 2.20. The van der Waals surface area contributed by atoms with Gasteiger partial charge in [-0.1, -0.05) is 6.92 Å². The third kappa shape index (κ3) is 1.83. The fraction of sp³-hybridized carbons (Fsp3) is 0.286. The molecule has 2 aromatic rings. The first-order chi connectivity index (χ1) is 6.38. The quantitative estimate of drug-likeness (QED) is 0.780. The van der Waals surface area contributed by atoms with Crippen LogP contribution in [0.3, 0.4) is 0 Å². The molecule has 0 unspecified atom stereocenters. The summed E-state index contributed by atoms with van der Waals surface area (Å²) in [6.07, 6.45) is 4.34. The minimum absolute atomic E-state index is 0.804. The zero-order valence-electron chi connectivity index (χ0n) is 7.11. The van der Waals surface area contributed by atoms with E-state index in [4.69, 9.17) is 0 Å². The Morgan fingerprint density at radius 2 is 2.54 bits per heavy atom. The van der Waals surface area contributed by atoms with Gasteiger partial charge in [0, 0.05) is 24.2 Å². The van der Waals surface area contributed by atoms with E-state index >= 15 is 0 Å². The summed E-state index contributed by atoms with van der Waals surface area (Å²) in [5.41, 5.74) is 0.902. The standard InChI is InChI=1S/C7H9N5S/c1-2-6-11-7(13-12-6)10-5-3-8-9-4-5/h3-4H,2H2,1H3,(H,8,9)(H,10,11,12). The van der Waals surface area contributed by atoms with E-state index in [2.05, 4.69) is 24.9 Å². The Hall–Kier alpha value is -1.43. The summed E-state index contributed by atoms with van der Waals surface area (Å²) in [5.74, 6) is 0.871. The third-order valence-electron chi connectivity index (χ3n) is 1.53. The Morgan fingerprint density at radius 1 is 1.62 bits per heavy atom. The lowest BCUT2D eigenvalue weighted by Crippen LogP contribution is -1.88. The van der Waals surface area contributed by atoms with Gasteiger partial charge in [0.25, 0.3) is 0 Å². The minimum atomic E-state index is 0.804. The molecule has 0 atom stereocenters. The van der Waals surface area contributed by atoms with Crippen LogP contribution in [-0.2, 0) is 6.42 Å². The maximum atomic E-state index is 4.26.